The van der Waals surface area contributed by atoms with E-state index < -0.39 is 0 Å². The molecule has 0 radical (unpaired) electrons. The molecule has 0 aromatic rings. The van der Waals surface area contributed by atoms with Crippen LogP contribution in [0.25, 0.3) is 0 Å². The minimum absolute atomic E-state index is 0.0924. The van der Waals surface area contributed by atoms with Gasteiger partial charge in [-0.25, -0.2) is 0 Å². The molecule has 0 bridgehead atoms. The molecule has 1 N–H and O–H groups in total. The molecule has 2 saturated heterocycles. The van der Waals surface area contributed by atoms with E-state index in [1.807, 2.05) is 0 Å². The molecule has 3 rings (SSSR count). The minimum atomic E-state index is 0.0924. The van der Waals surface area contributed by atoms with E-state index in [4.69, 9.17) is 4.74 Å². The Labute approximate surface area is 115 Å². The van der Waals surface area contributed by atoms with Crippen molar-refractivity contribution in [2.75, 3.05) is 26.2 Å². The number of carbonyl (C=O) groups is 1. The number of carbonyl (C=O) groups excluding carboxylic acids is 1. The fraction of sp³-hybridized carbons (Fsp3) is 0.933. The largest absolute Gasteiger partial charge is 0.377 e. The predicted octanol–water partition coefficient (Wildman–Crippen LogP) is 1.55. The predicted molar refractivity (Wildman–Crippen MR) is 73.9 cm³/mol. The molecule has 4 heteroatoms. The first-order valence-corrected chi connectivity index (χ1v) is 7.96. The number of amides is 1. The SMILES string of the molecule is O=C1NCCCCC1N1CCCC(OCC2CC2)C1. The molecule has 3 aliphatic rings. The molecule has 2 atom stereocenters. The number of nitrogens with zero attached hydrogens (tertiary/aromatic N) is 1. The molecular formula is C15H26N2O2. The zero-order chi connectivity index (χ0) is 13.1. The van der Waals surface area contributed by atoms with Gasteiger partial charge in [-0.1, -0.05) is 0 Å². The molecule has 2 aliphatic heterocycles. The molecule has 19 heavy (non-hydrogen) atoms. The van der Waals surface area contributed by atoms with Crippen LogP contribution in [0.5, 0.6) is 0 Å². The fourth-order valence-electron chi connectivity index (χ4n) is 3.21. The monoisotopic (exact) mass is 266 g/mol. The lowest BCUT2D eigenvalue weighted by atomic mass is 10.0. The van der Waals surface area contributed by atoms with Crippen molar-refractivity contribution in [1.82, 2.24) is 10.2 Å². The number of hydrogen-bond acceptors (Lipinski definition) is 3. The highest BCUT2D eigenvalue weighted by Gasteiger charge is 2.32. The Morgan fingerprint density at radius 3 is 2.89 bits per heavy atom. The highest BCUT2D eigenvalue weighted by Crippen LogP contribution is 2.30. The van der Waals surface area contributed by atoms with E-state index in [-0.39, 0.29) is 11.9 Å². The van der Waals surface area contributed by atoms with Crippen LogP contribution >= 0.6 is 0 Å². The summed E-state index contributed by atoms with van der Waals surface area (Å²) in [5.74, 6) is 1.07. The summed E-state index contributed by atoms with van der Waals surface area (Å²) >= 11 is 0. The average Bonchev–Trinajstić information content (AvgIpc) is 3.24. The molecule has 2 unspecified atom stereocenters. The van der Waals surface area contributed by atoms with Gasteiger partial charge in [0.15, 0.2) is 0 Å². The Bertz CT molecular complexity index is 317. The van der Waals surface area contributed by atoms with Crippen molar-refractivity contribution in [2.45, 2.75) is 57.1 Å². The molecule has 3 fully saturated rings. The first kappa shape index (κ1) is 13.4. The molecule has 4 nitrogen and oxygen atoms in total. The highest BCUT2D eigenvalue weighted by atomic mass is 16.5. The summed E-state index contributed by atoms with van der Waals surface area (Å²) in [6, 6.07) is 0.0924. The smallest absolute Gasteiger partial charge is 0.237 e. The van der Waals surface area contributed by atoms with E-state index in [2.05, 4.69) is 10.2 Å². The number of piperidine rings is 1. The molecule has 2 heterocycles. The third-order valence-corrected chi connectivity index (χ3v) is 4.62. The highest BCUT2D eigenvalue weighted by molar-refractivity contribution is 5.81. The zero-order valence-corrected chi connectivity index (χ0v) is 11.8. The van der Waals surface area contributed by atoms with Gasteiger partial charge in [0.05, 0.1) is 12.1 Å². The first-order chi connectivity index (χ1) is 9.33. The lowest BCUT2D eigenvalue weighted by Gasteiger charge is -2.37. The molecular weight excluding hydrogens is 240 g/mol. The van der Waals surface area contributed by atoms with Crippen LogP contribution in [-0.4, -0.2) is 49.2 Å². The van der Waals surface area contributed by atoms with Gasteiger partial charge in [0.2, 0.25) is 5.91 Å². The third kappa shape index (κ3) is 3.69. The quantitative estimate of drug-likeness (QED) is 0.839. The van der Waals surface area contributed by atoms with Crippen molar-refractivity contribution in [1.29, 1.82) is 0 Å². The van der Waals surface area contributed by atoms with Gasteiger partial charge >= 0.3 is 0 Å². The van der Waals surface area contributed by atoms with Crippen LogP contribution in [0.2, 0.25) is 0 Å². The molecule has 1 aliphatic carbocycles. The molecule has 0 aromatic carbocycles. The average molecular weight is 266 g/mol. The van der Waals surface area contributed by atoms with E-state index in [1.165, 1.54) is 19.3 Å². The number of rotatable bonds is 4. The Kier molecular flexibility index (Phi) is 4.38. The van der Waals surface area contributed by atoms with Crippen LogP contribution in [0, 0.1) is 5.92 Å². The van der Waals surface area contributed by atoms with Gasteiger partial charge in [0.1, 0.15) is 0 Å². The third-order valence-electron chi connectivity index (χ3n) is 4.62. The lowest BCUT2D eigenvalue weighted by molar-refractivity contribution is -0.128. The van der Waals surface area contributed by atoms with Gasteiger partial charge < -0.3 is 10.1 Å². The zero-order valence-electron chi connectivity index (χ0n) is 11.8. The summed E-state index contributed by atoms with van der Waals surface area (Å²) in [6.07, 6.45) is 8.68. The van der Waals surface area contributed by atoms with Crippen LogP contribution in [0.1, 0.15) is 44.9 Å². The number of hydrogen-bond donors (Lipinski definition) is 1. The Balaban J connectivity index is 1.52. The maximum Gasteiger partial charge on any atom is 0.237 e. The Morgan fingerprint density at radius 1 is 1.16 bits per heavy atom. The van der Waals surface area contributed by atoms with Crippen molar-refractivity contribution in [3.63, 3.8) is 0 Å². The van der Waals surface area contributed by atoms with Crippen molar-refractivity contribution < 1.29 is 9.53 Å². The molecule has 1 amide bonds. The second-order valence-corrected chi connectivity index (χ2v) is 6.34. The summed E-state index contributed by atoms with van der Waals surface area (Å²) in [4.78, 5) is 14.5. The van der Waals surface area contributed by atoms with E-state index >= 15 is 0 Å². The fourth-order valence-corrected chi connectivity index (χ4v) is 3.21. The first-order valence-electron chi connectivity index (χ1n) is 7.96. The summed E-state index contributed by atoms with van der Waals surface area (Å²) in [6.45, 7) is 3.80. The summed E-state index contributed by atoms with van der Waals surface area (Å²) in [5.41, 5.74) is 0. The van der Waals surface area contributed by atoms with E-state index in [0.29, 0.717) is 6.10 Å². The van der Waals surface area contributed by atoms with Gasteiger partial charge in [0, 0.05) is 19.7 Å². The maximum atomic E-state index is 12.1. The van der Waals surface area contributed by atoms with Gasteiger partial charge in [0.25, 0.3) is 0 Å². The van der Waals surface area contributed by atoms with Gasteiger partial charge in [-0.15, -0.1) is 0 Å². The molecule has 108 valence electrons. The summed E-state index contributed by atoms with van der Waals surface area (Å²) in [7, 11) is 0. The second kappa shape index (κ2) is 6.23. The topological polar surface area (TPSA) is 41.6 Å². The van der Waals surface area contributed by atoms with Crippen molar-refractivity contribution >= 4 is 5.91 Å². The van der Waals surface area contributed by atoms with E-state index in [9.17, 15) is 4.79 Å². The van der Waals surface area contributed by atoms with Gasteiger partial charge in [-0.3, -0.25) is 9.69 Å². The van der Waals surface area contributed by atoms with Crippen LogP contribution < -0.4 is 5.32 Å². The normalized spacial score (nSPS) is 33.8. The molecule has 0 aromatic heterocycles. The van der Waals surface area contributed by atoms with Crippen molar-refractivity contribution in [3.05, 3.63) is 0 Å². The number of nitrogens with one attached hydrogen (secondary N) is 1. The van der Waals surface area contributed by atoms with Crippen LogP contribution in [-0.2, 0) is 9.53 Å². The van der Waals surface area contributed by atoms with Crippen molar-refractivity contribution in [2.24, 2.45) is 5.92 Å². The second-order valence-electron chi connectivity index (χ2n) is 6.34. The number of ether oxygens (including phenoxy) is 1. The van der Waals surface area contributed by atoms with Gasteiger partial charge in [-0.2, -0.15) is 0 Å². The van der Waals surface area contributed by atoms with Crippen LogP contribution in [0.3, 0.4) is 0 Å². The Morgan fingerprint density at radius 2 is 2.05 bits per heavy atom. The molecule has 1 saturated carbocycles. The van der Waals surface area contributed by atoms with Crippen LogP contribution in [0.15, 0.2) is 0 Å². The van der Waals surface area contributed by atoms with E-state index in [0.717, 1.165) is 57.8 Å². The number of likely N-dealkylation sites (tertiary alicyclic amines) is 1. The van der Waals surface area contributed by atoms with E-state index in [1.54, 1.807) is 0 Å². The van der Waals surface area contributed by atoms with Gasteiger partial charge in [-0.05, 0) is 57.4 Å². The summed E-state index contributed by atoms with van der Waals surface area (Å²) < 4.78 is 6.02. The maximum absolute atomic E-state index is 12.1. The van der Waals surface area contributed by atoms with Crippen molar-refractivity contribution in [3.8, 4) is 0 Å². The Hall–Kier alpha value is -0.610. The minimum Gasteiger partial charge on any atom is -0.377 e. The van der Waals surface area contributed by atoms with Crippen LogP contribution in [0.4, 0.5) is 0 Å². The lowest BCUT2D eigenvalue weighted by Crippen LogP contribution is -2.51. The molecule has 0 spiro atoms. The summed E-state index contributed by atoms with van der Waals surface area (Å²) in [5, 5.41) is 3.05. The standard InChI is InChI=1S/C15H26N2O2/c18-15-14(5-1-2-8-16-15)17-9-3-4-13(10-17)19-11-12-6-7-12/h12-14H,1-11H2,(H,16,18).